The molecule has 0 saturated heterocycles. The minimum atomic E-state index is -0.804. The standard InChI is InChI=1S/C13H10BrFN2O3/c14-9-2-1-8(7-16)13(5-9)20-12-4-3-10(17(18)19)6-11(12)15/h1-6H,7,16H2. The number of halogens is 2. The van der Waals surface area contributed by atoms with Crippen molar-refractivity contribution in [1.82, 2.24) is 0 Å². The molecule has 2 N–H and O–H groups in total. The quantitative estimate of drug-likeness (QED) is 0.679. The number of nitro benzene ring substituents is 1. The average Bonchev–Trinajstić information content (AvgIpc) is 2.41. The van der Waals surface area contributed by atoms with Crippen LogP contribution >= 0.6 is 15.9 Å². The Morgan fingerprint density at radius 3 is 2.60 bits per heavy atom. The van der Waals surface area contributed by atoms with Gasteiger partial charge in [-0.3, -0.25) is 10.1 Å². The van der Waals surface area contributed by atoms with Crippen LogP contribution in [0.25, 0.3) is 0 Å². The van der Waals surface area contributed by atoms with E-state index in [-0.39, 0.29) is 18.0 Å². The van der Waals surface area contributed by atoms with Gasteiger partial charge < -0.3 is 10.5 Å². The number of nitro groups is 1. The van der Waals surface area contributed by atoms with Crippen molar-refractivity contribution in [3.63, 3.8) is 0 Å². The van der Waals surface area contributed by atoms with Gasteiger partial charge in [-0.15, -0.1) is 0 Å². The van der Waals surface area contributed by atoms with Gasteiger partial charge in [-0.05, 0) is 18.2 Å². The van der Waals surface area contributed by atoms with Crippen molar-refractivity contribution in [3.8, 4) is 11.5 Å². The van der Waals surface area contributed by atoms with Gasteiger partial charge in [0.15, 0.2) is 11.6 Å². The van der Waals surface area contributed by atoms with Gasteiger partial charge in [0.05, 0.1) is 11.0 Å². The second-order valence-electron chi connectivity index (χ2n) is 3.93. The van der Waals surface area contributed by atoms with Crippen LogP contribution in [0.2, 0.25) is 0 Å². The molecular formula is C13H10BrFN2O3. The Bertz CT molecular complexity index is 664. The van der Waals surface area contributed by atoms with E-state index in [9.17, 15) is 14.5 Å². The Balaban J connectivity index is 2.35. The third-order valence-corrected chi connectivity index (χ3v) is 3.09. The highest BCUT2D eigenvalue weighted by Crippen LogP contribution is 2.31. The summed E-state index contributed by atoms with van der Waals surface area (Å²) in [5.74, 6) is -0.500. The van der Waals surface area contributed by atoms with Crippen molar-refractivity contribution >= 4 is 21.6 Å². The molecule has 0 spiro atoms. The predicted octanol–water partition coefficient (Wildman–Crippen LogP) is 3.75. The molecule has 2 aromatic rings. The number of rotatable bonds is 4. The largest absolute Gasteiger partial charge is 0.454 e. The van der Waals surface area contributed by atoms with Crippen LogP contribution in [0.4, 0.5) is 10.1 Å². The van der Waals surface area contributed by atoms with Gasteiger partial charge in [0, 0.05) is 22.6 Å². The van der Waals surface area contributed by atoms with E-state index in [1.807, 2.05) is 0 Å². The van der Waals surface area contributed by atoms with E-state index in [1.165, 1.54) is 12.1 Å². The van der Waals surface area contributed by atoms with Gasteiger partial charge in [0.2, 0.25) is 0 Å². The molecule has 0 amide bonds. The second-order valence-corrected chi connectivity index (χ2v) is 4.85. The van der Waals surface area contributed by atoms with Crippen LogP contribution in [0.3, 0.4) is 0 Å². The number of nitrogens with zero attached hydrogens (tertiary/aromatic N) is 1. The molecule has 0 heterocycles. The molecule has 7 heteroatoms. The zero-order chi connectivity index (χ0) is 14.7. The van der Waals surface area contributed by atoms with E-state index in [4.69, 9.17) is 10.5 Å². The Labute approximate surface area is 122 Å². The molecule has 104 valence electrons. The number of hydrogen-bond donors (Lipinski definition) is 1. The average molecular weight is 341 g/mol. The van der Waals surface area contributed by atoms with Gasteiger partial charge in [0.1, 0.15) is 5.75 Å². The maximum atomic E-state index is 13.8. The molecule has 0 aliphatic heterocycles. The lowest BCUT2D eigenvalue weighted by Crippen LogP contribution is -2.00. The van der Waals surface area contributed by atoms with Gasteiger partial charge in [0.25, 0.3) is 5.69 Å². The molecule has 2 aromatic carbocycles. The molecule has 0 fully saturated rings. The Hall–Kier alpha value is -1.99. The van der Waals surface area contributed by atoms with E-state index in [0.29, 0.717) is 11.3 Å². The zero-order valence-corrected chi connectivity index (χ0v) is 11.8. The van der Waals surface area contributed by atoms with Gasteiger partial charge in [-0.1, -0.05) is 22.0 Å². The molecule has 0 radical (unpaired) electrons. The van der Waals surface area contributed by atoms with Gasteiger partial charge in [-0.2, -0.15) is 0 Å². The summed E-state index contributed by atoms with van der Waals surface area (Å²) < 4.78 is 20.0. The highest BCUT2D eigenvalue weighted by atomic mass is 79.9. The van der Waals surface area contributed by atoms with Gasteiger partial charge in [-0.25, -0.2) is 4.39 Å². The smallest absolute Gasteiger partial charge is 0.272 e. The third-order valence-electron chi connectivity index (χ3n) is 2.60. The zero-order valence-electron chi connectivity index (χ0n) is 10.2. The number of ether oxygens (including phenoxy) is 1. The molecule has 2 rings (SSSR count). The molecule has 0 aliphatic rings. The molecule has 0 aliphatic carbocycles. The highest BCUT2D eigenvalue weighted by molar-refractivity contribution is 9.10. The van der Waals surface area contributed by atoms with E-state index in [2.05, 4.69) is 15.9 Å². The van der Waals surface area contributed by atoms with Crippen molar-refractivity contribution in [1.29, 1.82) is 0 Å². The minimum Gasteiger partial charge on any atom is -0.454 e. The Kier molecular flexibility index (Phi) is 4.31. The number of hydrogen-bond acceptors (Lipinski definition) is 4. The lowest BCUT2D eigenvalue weighted by Gasteiger charge is -2.11. The van der Waals surface area contributed by atoms with Gasteiger partial charge >= 0.3 is 0 Å². The summed E-state index contributed by atoms with van der Waals surface area (Å²) in [4.78, 5) is 9.87. The first-order valence-corrected chi connectivity index (χ1v) is 6.41. The second kappa shape index (κ2) is 5.98. The fourth-order valence-electron chi connectivity index (χ4n) is 1.60. The predicted molar refractivity (Wildman–Crippen MR) is 75.2 cm³/mol. The van der Waals surface area contributed by atoms with E-state index in [0.717, 1.165) is 10.5 Å². The fourth-order valence-corrected chi connectivity index (χ4v) is 1.94. The first kappa shape index (κ1) is 14.4. The van der Waals surface area contributed by atoms with Crippen molar-refractivity contribution < 1.29 is 14.1 Å². The summed E-state index contributed by atoms with van der Waals surface area (Å²) in [5, 5.41) is 10.5. The maximum absolute atomic E-state index is 13.8. The summed E-state index contributed by atoms with van der Waals surface area (Å²) in [6.07, 6.45) is 0. The molecule has 0 saturated carbocycles. The highest BCUT2D eigenvalue weighted by Gasteiger charge is 2.13. The summed E-state index contributed by atoms with van der Waals surface area (Å²) in [6.45, 7) is 0.233. The molecule has 0 atom stereocenters. The molecule has 0 bridgehead atoms. The Morgan fingerprint density at radius 1 is 1.25 bits per heavy atom. The summed E-state index contributed by atoms with van der Waals surface area (Å²) in [7, 11) is 0. The SMILES string of the molecule is NCc1ccc(Br)cc1Oc1ccc([N+](=O)[O-])cc1F. The lowest BCUT2D eigenvalue weighted by molar-refractivity contribution is -0.385. The molecular weight excluding hydrogens is 331 g/mol. The van der Waals surface area contributed by atoms with Crippen LogP contribution in [-0.2, 0) is 6.54 Å². The topological polar surface area (TPSA) is 78.4 Å². The lowest BCUT2D eigenvalue weighted by atomic mass is 10.2. The van der Waals surface area contributed by atoms with E-state index in [1.54, 1.807) is 18.2 Å². The van der Waals surface area contributed by atoms with Crippen molar-refractivity contribution in [2.75, 3.05) is 0 Å². The molecule has 20 heavy (non-hydrogen) atoms. The van der Waals surface area contributed by atoms with Crippen molar-refractivity contribution in [2.45, 2.75) is 6.54 Å². The van der Waals surface area contributed by atoms with E-state index >= 15 is 0 Å². The van der Waals surface area contributed by atoms with Crippen LogP contribution in [0.5, 0.6) is 11.5 Å². The van der Waals surface area contributed by atoms with E-state index < -0.39 is 10.7 Å². The van der Waals surface area contributed by atoms with Crippen LogP contribution < -0.4 is 10.5 Å². The summed E-state index contributed by atoms with van der Waals surface area (Å²) in [5.41, 5.74) is 5.95. The Morgan fingerprint density at radius 2 is 2.00 bits per heavy atom. The summed E-state index contributed by atoms with van der Waals surface area (Å²) in [6, 6.07) is 8.41. The van der Waals surface area contributed by atoms with Crippen molar-refractivity contribution in [3.05, 3.63) is 62.4 Å². The number of nitrogens with two attached hydrogens (primary N) is 1. The fraction of sp³-hybridized carbons (Fsp3) is 0.0769. The normalized spacial score (nSPS) is 10.3. The monoisotopic (exact) mass is 340 g/mol. The van der Waals surface area contributed by atoms with Crippen molar-refractivity contribution in [2.24, 2.45) is 5.73 Å². The maximum Gasteiger partial charge on any atom is 0.272 e. The first-order valence-electron chi connectivity index (χ1n) is 5.61. The third kappa shape index (κ3) is 3.12. The molecule has 5 nitrogen and oxygen atoms in total. The minimum absolute atomic E-state index is 0.0941. The van der Waals surface area contributed by atoms with Crippen LogP contribution in [-0.4, -0.2) is 4.92 Å². The first-order chi connectivity index (χ1) is 9.51. The van der Waals surface area contributed by atoms with Crippen LogP contribution in [0.1, 0.15) is 5.56 Å². The molecule has 0 unspecified atom stereocenters. The number of benzene rings is 2. The van der Waals surface area contributed by atoms with Crippen LogP contribution in [0, 0.1) is 15.9 Å². The summed E-state index contributed by atoms with van der Waals surface area (Å²) >= 11 is 3.28. The molecule has 0 aromatic heterocycles. The number of non-ortho nitro benzene ring substituents is 1. The van der Waals surface area contributed by atoms with Crippen LogP contribution in [0.15, 0.2) is 40.9 Å².